The molecule has 2 aromatic rings. The van der Waals surface area contributed by atoms with Gasteiger partial charge in [0.1, 0.15) is 11.6 Å². The topological polar surface area (TPSA) is 0 Å². The van der Waals surface area contributed by atoms with Gasteiger partial charge in [0.15, 0.2) is 5.83 Å². The molecule has 0 aromatic heterocycles. The maximum atomic E-state index is 14.8. The number of halogens is 3. The Labute approximate surface area is 152 Å². The molecule has 2 aromatic carbocycles. The van der Waals surface area contributed by atoms with Crippen LogP contribution < -0.4 is 0 Å². The Morgan fingerprint density at radius 2 is 1.81 bits per heavy atom. The first-order chi connectivity index (χ1) is 12.5. The summed E-state index contributed by atoms with van der Waals surface area (Å²) in [7, 11) is 0. The second kappa shape index (κ2) is 7.94. The molecule has 3 heteroatoms. The highest BCUT2D eigenvalue weighted by Gasteiger charge is 2.27. The summed E-state index contributed by atoms with van der Waals surface area (Å²) >= 11 is 0. The molecule has 0 unspecified atom stereocenters. The van der Waals surface area contributed by atoms with Crippen LogP contribution in [0.25, 0.3) is 22.7 Å². The van der Waals surface area contributed by atoms with Gasteiger partial charge in [0.2, 0.25) is 0 Å². The van der Waals surface area contributed by atoms with Crippen molar-refractivity contribution in [3.05, 3.63) is 71.8 Å². The van der Waals surface area contributed by atoms with E-state index in [4.69, 9.17) is 0 Å². The van der Waals surface area contributed by atoms with Gasteiger partial charge in [0.25, 0.3) is 0 Å². The smallest absolute Gasteiger partial charge is 0.165 e. The molecule has 0 spiro atoms. The molecule has 1 fully saturated rings. The lowest BCUT2D eigenvalue weighted by Crippen LogP contribution is -2.14. The number of benzene rings is 2. The minimum atomic E-state index is -1.06. The molecule has 1 aliphatic rings. The second-order valence-electron chi connectivity index (χ2n) is 6.91. The average Bonchev–Trinajstić information content (AvgIpc) is 2.67. The first kappa shape index (κ1) is 18.5. The number of rotatable bonds is 4. The molecule has 0 atom stereocenters. The standard InChI is InChI=1S/C23H23F3/c1-3-5-16-6-9-17(10-7-16)21(24)23(26)20-13-11-18-14-15(4-2)8-12-19(18)22(20)25/h3-5,8,11-14,16-17H,2,6-7,9-10H2,1H3/b5-3+,23-21?. The lowest BCUT2D eigenvalue weighted by molar-refractivity contribution is 0.304. The summed E-state index contributed by atoms with van der Waals surface area (Å²) in [5.74, 6) is -2.62. The number of hydrogen-bond acceptors (Lipinski definition) is 0. The van der Waals surface area contributed by atoms with E-state index in [2.05, 4.69) is 12.7 Å². The van der Waals surface area contributed by atoms with Crippen LogP contribution in [0, 0.1) is 17.7 Å². The van der Waals surface area contributed by atoms with Crippen LogP contribution in [-0.2, 0) is 0 Å². The van der Waals surface area contributed by atoms with Crippen molar-refractivity contribution in [3.8, 4) is 0 Å². The van der Waals surface area contributed by atoms with E-state index in [0.29, 0.717) is 24.1 Å². The van der Waals surface area contributed by atoms with Crippen LogP contribution in [0.4, 0.5) is 13.2 Å². The van der Waals surface area contributed by atoms with Crippen molar-refractivity contribution in [2.75, 3.05) is 0 Å². The Hall–Kier alpha value is -2.29. The fraction of sp³-hybridized carbons (Fsp3) is 0.304. The molecule has 0 nitrogen and oxygen atoms in total. The molecule has 0 bridgehead atoms. The van der Waals surface area contributed by atoms with E-state index in [1.54, 1.807) is 30.3 Å². The number of hydrogen-bond donors (Lipinski definition) is 0. The van der Waals surface area contributed by atoms with Gasteiger partial charge in [-0.25, -0.2) is 13.2 Å². The largest absolute Gasteiger partial charge is 0.208 e. The molecule has 26 heavy (non-hydrogen) atoms. The van der Waals surface area contributed by atoms with Gasteiger partial charge in [-0.15, -0.1) is 0 Å². The van der Waals surface area contributed by atoms with Gasteiger partial charge in [-0.2, -0.15) is 0 Å². The van der Waals surface area contributed by atoms with Crippen molar-refractivity contribution >= 4 is 22.7 Å². The van der Waals surface area contributed by atoms with E-state index in [0.717, 1.165) is 18.4 Å². The maximum absolute atomic E-state index is 14.8. The highest BCUT2D eigenvalue weighted by Crippen LogP contribution is 2.39. The van der Waals surface area contributed by atoms with E-state index < -0.39 is 23.4 Å². The van der Waals surface area contributed by atoms with Crippen molar-refractivity contribution in [3.63, 3.8) is 0 Å². The van der Waals surface area contributed by atoms with Crippen molar-refractivity contribution in [2.24, 2.45) is 11.8 Å². The summed E-state index contributed by atoms with van der Waals surface area (Å²) in [6.45, 7) is 5.65. The molecule has 0 aliphatic heterocycles. The minimum absolute atomic E-state index is 0.285. The predicted molar refractivity (Wildman–Crippen MR) is 103 cm³/mol. The minimum Gasteiger partial charge on any atom is -0.208 e. The third-order valence-electron chi connectivity index (χ3n) is 5.25. The molecule has 136 valence electrons. The molecule has 1 aliphatic carbocycles. The van der Waals surface area contributed by atoms with Crippen LogP contribution in [0.1, 0.15) is 43.7 Å². The van der Waals surface area contributed by atoms with E-state index in [1.807, 2.05) is 13.0 Å². The first-order valence-electron chi connectivity index (χ1n) is 9.08. The molecule has 0 amide bonds. The van der Waals surface area contributed by atoms with Gasteiger partial charge < -0.3 is 0 Å². The van der Waals surface area contributed by atoms with Gasteiger partial charge >= 0.3 is 0 Å². The summed E-state index contributed by atoms with van der Waals surface area (Å²) in [6, 6.07) is 8.01. The summed E-state index contributed by atoms with van der Waals surface area (Å²) in [4.78, 5) is 0. The molecule has 0 heterocycles. The Balaban J connectivity index is 1.91. The fourth-order valence-corrected chi connectivity index (χ4v) is 3.75. The fourth-order valence-electron chi connectivity index (χ4n) is 3.75. The molecular weight excluding hydrogens is 333 g/mol. The monoisotopic (exact) mass is 356 g/mol. The molecule has 0 N–H and O–H groups in total. The Bertz CT molecular complexity index is 868. The van der Waals surface area contributed by atoms with Crippen molar-refractivity contribution in [2.45, 2.75) is 32.6 Å². The predicted octanol–water partition coefficient (Wildman–Crippen LogP) is 7.61. The zero-order chi connectivity index (χ0) is 18.7. The van der Waals surface area contributed by atoms with Gasteiger partial charge in [0, 0.05) is 16.9 Å². The van der Waals surface area contributed by atoms with Gasteiger partial charge in [-0.05, 0) is 61.6 Å². The zero-order valence-corrected chi connectivity index (χ0v) is 14.9. The van der Waals surface area contributed by atoms with Crippen LogP contribution in [0.5, 0.6) is 0 Å². The summed E-state index contributed by atoms with van der Waals surface area (Å²) < 4.78 is 44.2. The Morgan fingerprint density at radius 1 is 1.08 bits per heavy atom. The first-order valence-corrected chi connectivity index (χ1v) is 9.08. The average molecular weight is 356 g/mol. The van der Waals surface area contributed by atoms with Gasteiger partial charge in [-0.3, -0.25) is 0 Å². The number of fused-ring (bicyclic) bond motifs is 1. The molecular formula is C23H23F3. The highest BCUT2D eigenvalue weighted by atomic mass is 19.2. The Kier molecular flexibility index (Phi) is 5.65. The van der Waals surface area contributed by atoms with E-state index in [9.17, 15) is 13.2 Å². The highest BCUT2D eigenvalue weighted by molar-refractivity contribution is 5.88. The summed E-state index contributed by atoms with van der Waals surface area (Å²) in [5.41, 5.74) is 0.557. The van der Waals surface area contributed by atoms with Crippen LogP contribution in [0.15, 0.2) is 54.9 Å². The molecule has 0 saturated heterocycles. The third-order valence-corrected chi connectivity index (χ3v) is 5.25. The van der Waals surface area contributed by atoms with Crippen molar-refractivity contribution in [1.82, 2.24) is 0 Å². The zero-order valence-electron chi connectivity index (χ0n) is 14.9. The normalized spacial score (nSPS) is 21.8. The third kappa shape index (κ3) is 3.62. The van der Waals surface area contributed by atoms with E-state index in [-0.39, 0.29) is 10.9 Å². The lowest BCUT2D eigenvalue weighted by atomic mass is 9.81. The van der Waals surface area contributed by atoms with Gasteiger partial charge in [-0.1, -0.05) is 43.0 Å². The quantitative estimate of drug-likeness (QED) is 0.494. The second-order valence-corrected chi connectivity index (χ2v) is 6.91. The van der Waals surface area contributed by atoms with Crippen molar-refractivity contribution in [1.29, 1.82) is 0 Å². The summed E-state index contributed by atoms with van der Waals surface area (Å²) in [5, 5.41) is 0.927. The van der Waals surface area contributed by atoms with Gasteiger partial charge in [0.05, 0.1) is 0 Å². The molecule has 3 rings (SSSR count). The van der Waals surface area contributed by atoms with Crippen LogP contribution in [0.2, 0.25) is 0 Å². The Morgan fingerprint density at radius 3 is 2.46 bits per heavy atom. The van der Waals surface area contributed by atoms with E-state index >= 15 is 0 Å². The lowest BCUT2D eigenvalue weighted by Gasteiger charge is -2.26. The molecule has 1 saturated carbocycles. The maximum Gasteiger partial charge on any atom is 0.165 e. The van der Waals surface area contributed by atoms with Crippen LogP contribution >= 0.6 is 0 Å². The van der Waals surface area contributed by atoms with Crippen LogP contribution in [-0.4, -0.2) is 0 Å². The summed E-state index contributed by atoms with van der Waals surface area (Å²) in [6.07, 6.45) is 8.63. The van der Waals surface area contributed by atoms with Crippen LogP contribution in [0.3, 0.4) is 0 Å². The SMILES string of the molecule is C=Cc1ccc2c(F)c(C(F)=C(F)C3CCC(/C=C/C)CC3)ccc2c1. The van der Waals surface area contributed by atoms with Crippen molar-refractivity contribution < 1.29 is 13.2 Å². The molecule has 0 radical (unpaired) electrons. The number of allylic oxidation sites excluding steroid dienone is 3. The van der Waals surface area contributed by atoms with E-state index in [1.165, 1.54) is 6.07 Å².